The number of primary amides is 1. The molecule has 0 aromatic carbocycles. The van der Waals surface area contributed by atoms with Gasteiger partial charge in [-0.1, -0.05) is 12.2 Å². The van der Waals surface area contributed by atoms with Crippen LogP contribution in [0.2, 0.25) is 0 Å². The van der Waals surface area contributed by atoms with Gasteiger partial charge in [-0.05, 0) is 40.6 Å². The molecule has 2 aliphatic carbocycles. The van der Waals surface area contributed by atoms with Crippen LogP contribution in [-0.2, 0) is 9.53 Å². The molecule has 2 aromatic rings. The number of aromatic nitrogens is 4. The van der Waals surface area contributed by atoms with Crippen LogP contribution < -0.4 is 16.4 Å². The van der Waals surface area contributed by atoms with Crippen molar-refractivity contribution in [1.82, 2.24) is 19.7 Å². The molecule has 152 valence electrons. The van der Waals surface area contributed by atoms with E-state index in [1.54, 1.807) is 12.4 Å². The summed E-state index contributed by atoms with van der Waals surface area (Å²) in [6.07, 6.45) is 11.5. The third kappa shape index (κ3) is 3.51. The first kappa shape index (κ1) is 18.6. The van der Waals surface area contributed by atoms with Crippen LogP contribution in [0, 0.1) is 17.8 Å². The Balaban J connectivity index is 1.33. The molecule has 3 aliphatic rings. The number of allylic oxidation sites excluding steroid dienone is 1. The average Bonchev–Trinajstić information content (AvgIpc) is 3.48. The van der Waals surface area contributed by atoms with Gasteiger partial charge in [-0.3, -0.25) is 9.48 Å². The topological polar surface area (TPSA) is 120 Å². The highest BCUT2D eigenvalue weighted by atomic mass is 79.9. The molecule has 2 aromatic heterocycles. The van der Waals surface area contributed by atoms with Gasteiger partial charge in [-0.2, -0.15) is 10.1 Å². The van der Waals surface area contributed by atoms with E-state index < -0.39 is 0 Å². The lowest BCUT2D eigenvalue weighted by atomic mass is 9.88. The number of ether oxygens (including phenoxy) is 1. The molecular formula is C19H22BrN7O2. The SMILES string of the molecule is NC(=O)[C@@H]1[C@H](Nc2nc(Nc3cnn([C@H]4CCOC4)c3)ncc2Br)[C@H]2C=C[C@@H]1C2. The third-order valence-electron chi connectivity index (χ3n) is 5.97. The van der Waals surface area contributed by atoms with E-state index in [1.807, 2.05) is 10.9 Å². The molecule has 0 unspecified atom stereocenters. The standard InChI is InChI=1S/C19H22BrN7O2/c20-14-7-22-19(24-12-6-23-27(8-12)13-3-4-29-9-13)26-18(14)25-16-11-2-1-10(5-11)15(16)17(21)28/h1-2,6-8,10-11,13,15-16H,3-5,9H2,(H2,21,28)(H2,22,24,25,26)/t10-,11+,13+,15+,16-/m1/s1. The Labute approximate surface area is 176 Å². The van der Waals surface area contributed by atoms with Crippen molar-refractivity contribution < 1.29 is 9.53 Å². The number of carbonyl (C=O) groups is 1. The molecule has 2 bridgehead atoms. The molecule has 1 aliphatic heterocycles. The number of nitrogens with one attached hydrogen (secondary N) is 2. The molecule has 5 atom stereocenters. The van der Waals surface area contributed by atoms with E-state index in [-0.39, 0.29) is 35.7 Å². The Hall–Kier alpha value is -2.46. The number of hydrogen-bond acceptors (Lipinski definition) is 7. The molecule has 1 saturated heterocycles. The van der Waals surface area contributed by atoms with Crippen LogP contribution in [-0.4, -0.2) is 44.9 Å². The molecule has 1 amide bonds. The molecule has 2 fully saturated rings. The molecule has 9 nitrogen and oxygen atoms in total. The van der Waals surface area contributed by atoms with E-state index in [2.05, 4.69) is 53.8 Å². The van der Waals surface area contributed by atoms with Crippen molar-refractivity contribution in [3.05, 3.63) is 35.2 Å². The van der Waals surface area contributed by atoms with Crippen LogP contribution in [0.25, 0.3) is 0 Å². The number of fused-ring (bicyclic) bond motifs is 2. The van der Waals surface area contributed by atoms with Crippen LogP contribution >= 0.6 is 15.9 Å². The van der Waals surface area contributed by atoms with Gasteiger partial charge in [0, 0.05) is 25.0 Å². The lowest BCUT2D eigenvalue weighted by Gasteiger charge is -2.27. The maximum Gasteiger partial charge on any atom is 0.229 e. The van der Waals surface area contributed by atoms with Crippen molar-refractivity contribution in [1.29, 1.82) is 0 Å². The quantitative estimate of drug-likeness (QED) is 0.566. The Morgan fingerprint density at radius 1 is 1.31 bits per heavy atom. The summed E-state index contributed by atoms with van der Waals surface area (Å²) in [5, 5.41) is 11.0. The van der Waals surface area contributed by atoms with E-state index in [1.165, 1.54) is 0 Å². The predicted octanol–water partition coefficient (Wildman–Crippen LogP) is 2.23. The van der Waals surface area contributed by atoms with Gasteiger partial charge in [0.25, 0.3) is 0 Å². The number of carbonyl (C=O) groups excluding carboxylic acids is 1. The second kappa shape index (κ2) is 7.42. The van der Waals surface area contributed by atoms with Gasteiger partial charge >= 0.3 is 0 Å². The molecular weight excluding hydrogens is 438 g/mol. The second-order valence-electron chi connectivity index (χ2n) is 7.79. The summed E-state index contributed by atoms with van der Waals surface area (Å²) in [6, 6.07) is 0.205. The number of amides is 1. The summed E-state index contributed by atoms with van der Waals surface area (Å²) in [4.78, 5) is 20.9. The fraction of sp³-hybridized carbons (Fsp3) is 0.474. The molecule has 0 spiro atoms. The van der Waals surface area contributed by atoms with Crippen LogP contribution in [0.15, 0.2) is 35.2 Å². The monoisotopic (exact) mass is 459 g/mol. The van der Waals surface area contributed by atoms with E-state index in [0.29, 0.717) is 18.4 Å². The molecule has 3 heterocycles. The summed E-state index contributed by atoms with van der Waals surface area (Å²) in [5.74, 6) is 1.08. The molecule has 5 rings (SSSR count). The molecule has 4 N–H and O–H groups in total. The first-order valence-electron chi connectivity index (χ1n) is 9.74. The minimum absolute atomic E-state index is 0.0633. The van der Waals surface area contributed by atoms with Gasteiger partial charge < -0.3 is 21.1 Å². The summed E-state index contributed by atoms with van der Waals surface area (Å²) in [6.45, 7) is 1.45. The van der Waals surface area contributed by atoms with Gasteiger partial charge in [0.05, 0.1) is 34.9 Å². The minimum atomic E-state index is -0.272. The summed E-state index contributed by atoms with van der Waals surface area (Å²) < 4.78 is 8.06. The van der Waals surface area contributed by atoms with Gasteiger partial charge in [-0.25, -0.2) is 4.98 Å². The van der Waals surface area contributed by atoms with Crippen molar-refractivity contribution in [3.63, 3.8) is 0 Å². The lowest BCUT2D eigenvalue weighted by molar-refractivity contribution is -0.122. The lowest BCUT2D eigenvalue weighted by Crippen LogP contribution is -2.41. The van der Waals surface area contributed by atoms with Crippen LogP contribution in [0.1, 0.15) is 18.9 Å². The second-order valence-corrected chi connectivity index (χ2v) is 8.64. The van der Waals surface area contributed by atoms with Crippen LogP contribution in [0.3, 0.4) is 0 Å². The normalized spacial score (nSPS) is 30.0. The van der Waals surface area contributed by atoms with Gasteiger partial charge in [0.15, 0.2) is 0 Å². The fourth-order valence-corrected chi connectivity index (χ4v) is 4.86. The highest BCUT2D eigenvalue weighted by Gasteiger charge is 2.47. The van der Waals surface area contributed by atoms with Crippen molar-refractivity contribution in [3.8, 4) is 0 Å². The fourth-order valence-electron chi connectivity index (χ4n) is 4.56. The number of hydrogen-bond donors (Lipinski definition) is 3. The number of halogens is 1. The maximum atomic E-state index is 12.0. The maximum absolute atomic E-state index is 12.0. The van der Waals surface area contributed by atoms with Crippen molar-refractivity contribution >= 4 is 39.3 Å². The van der Waals surface area contributed by atoms with Gasteiger partial charge in [0.2, 0.25) is 11.9 Å². The first-order valence-corrected chi connectivity index (χ1v) is 10.5. The van der Waals surface area contributed by atoms with E-state index in [0.717, 1.165) is 29.6 Å². The minimum Gasteiger partial charge on any atom is -0.379 e. The summed E-state index contributed by atoms with van der Waals surface area (Å²) in [7, 11) is 0. The van der Waals surface area contributed by atoms with E-state index >= 15 is 0 Å². The highest BCUT2D eigenvalue weighted by Crippen LogP contribution is 2.45. The molecule has 0 radical (unpaired) electrons. The smallest absolute Gasteiger partial charge is 0.229 e. The van der Waals surface area contributed by atoms with E-state index in [4.69, 9.17) is 10.5 Å². The highest BCUT2D eigenvalue weighted by molar-refractivity contribution is 9.10. The number of anilines is 3. The predicted molar refractivity (Wildman–Crippen MR) is 111 cm³/mol. The van der Waals surface area contributed by atoms with Crippen LogP contribution in [0.5, 0.6) is 0 Å². The first-order chi connectivity index (χ1) is 14.1. The number of nitrogens with zero attached hydrogens (tertiary/aromatic N) is 4. The van der Waals surface area contributed by atoms with Gasteiger partial charge in [0.1, 0.15) is 5.82 Å². The molecule has 10 heteroatoms. The van der Waals surface area contributed by atoms with Crippen molar-refractivity contribution in [2.75, 3.05) is 23.8 Å². The zero-order chi connectivity index (χ0) is 20.0. The van der Waals surface area contributed by atoms with Crippen molar-refractivity contribution in [2.45, 2.75) is 24.9 Å². The van der Waals surface area contributed by atoms with Crippen LogP contribution in [0.4, 0.5) is 17.5 Å². The largest absolute Gasteiger partial charge is 0.379 e. The Kier molecular flexibility index (Phi) is 4.75. The Morgan fingerprint density at radius 3 is 2.97 bits per heavy atom. The number of nitrogens with two attached hydrogens (primary N) is 1. The number of rotatable bonds is 6. The molecule has 1 saturated carbocycles. The third-order valence-corrected chi connectivity index (χ3v) is 6.55. The Bertz CT molecular complexity index is 956. The molecule has 29 heavy (non-hydrogen) atoms. The zero-order valence-electron chi connectivity index (χ0n) is 15.7. The van der Waals surface area contributed by atoms with E-state index in [9.17, 15) is 4.79 Å². The Morgan fingerprint density at radius 2 is 2.17 bits per heavy atom. The zero-order valence-corrected chi connectivity index (χ0v) is 17.2. The summed E-state index contributed by atoms with van der Waals surface area (Å²) >= 11 is 3.50. The average molecular weight is 460 g/mol. The summed E-state index contributed by atoms with van der Waals surface area (Å²) in [5.41, 5.74) is 6.47. The van der Waals surface area contributed by atoms with Crippen molar-refractivity contribution in [2.24, 2.45) is 23.5 Å². The van der Waals surface area contributed by atoms with Gasteiger partial charge in [-0.15, -0.1) is 0 Å².